The molecule has 2 atom stereocenters. The molecule has 2 amide bonds. The maximum atomic E-state index is 13.1. The van der Waals surface area contributed by atoms with Gasteiger partial charge in [-0.3, -0.25) is 14.6 Å². The summed E-state index contributed by atoms with van der Waals surface area (Å²) in [4.78, 5) is 36.5. The number of carbonyl (C=O) groups excluding carboxylic acids is 2. The van der Waals surface area contributed by atoms with Crippen LogP contribution in [0.4, 0.5) is 5.69 Å². The summed E-state index contributed by atoms with van der Waals surface area (Å²) in [5.74, 6) is 0.795. The number of para-hydroxylation sites is 1. The highest BCUT2D eigenvalue weighted by Crippen LogP contribution is 2.35. The van der Waals surface area contributed by atoms with Gasteiger partial charge in [-0.15, -0.1) is 0 Å². The molecule has 2 heterocycles. The van der Waals surface area contributed by atoms with E-state index in [9.17, 15) is 9.59 Å². The molecule has 4 rings (SSSR count). The fraction of sp³-hybridized carbons (Fsp3) is 0.304. The van der Waals surface area contributed by atoms with Gasteiger partial charge in [0.15, 0.2) is 5.17 Å². The van der Waals surface area contributed by atoms with Gasteiger partial charge in [-0.2, -0.15) is 0 Å². The molecule has 0 fully saturated rings. The Morgan fingerprint density at radius 2 is 1.90 bits per heavy atom. The van der Waals surface area contributed by atoms with Gasteiger partial charge in [-0.05, 0) is 23.6 Å². The second kappa shape index (κ2) is 8.83. The number of benzene rings is 2. The fourth-order valence-corrected chi connectivity index (χ4v) is 4.27. The van der Waals surface area contributed by atoms with Crippen molar-refractivity contribution in [1.82, 2.24) is 10.2 Å². The Morgan fingerprint density at radius 1 is 1.17 bits per heavy atom. The SMILES string of the molecule is CCC(C)C1N=C2c3ccccc3N=C(SCC(=O)NCc3ccccc3)N2C1=O. The van der Waals surface area contributed by atoms with Crippen molar-refractivity contribution < 1.29 is 9.59 Å². The van der Waals surface area contributed by atoms with Crippen LogP contribution in [0.15, 0.2) is 64.6 Å². The third-order valence-corrected chi connectivity index (χ3v) is 6.29. The van der Waals surface area contributed by atoms with E-state index in [2.05, 4.69) is 17.2 Å². The number of nitrogens with zero attached hydrogens (tertiary/aromatic N) is 3. The predicted molar refractivity (Wildman–Crippen MR) is 121 cm³/mol. The topological polar surface area (TPSA) is 74.1 Å². The molecule has 7 heteroatoms. The summed E-state index contributed by atoms with van der Waals surface area (Å²) in [7, 11) is 0. The highest BCUT2D eigenvalue weighted by molar-refractivity contribution is 8.14. The minimum atomic E-state index is -0.408. The van der Waals surface area contributed by atoms with Gasteiger partial charge in [0.1, 0.15) is 11.9 Å². The number of thioether (sulfide) groups is 1. The first-order valence-electron chi connectivity index (χ1n) is 10.1. The standard InChI is InChI=1S/C23H24N4O2S/c1-3-15(2)20-22(29)27-21(26-20)17-11-7-8-12-18(17)25-23(27)30-14-19(28)24-13-16-9-5-4-6-10-16/h4-12,15,20H,3,13-14H2,1-2H3,(H,24,28). The van der Waals surface area contributed by atoms with E-state index in [1.54, 1.807) is 4.90 Å². The highest BCUT2D eigenvalue weighted by Gasteiger charge is 2.43. The van der Waals surface area contributed by atoms with E-state index in [4.69, 9.17) is 4.99 Å². The van der Waals surface area contributed by atoms with E-state index in [-0.39, 0.29) is 23.5 Å². The number of rotatable bonds is 6. The Balaban J connectivity index is 1.50. The van der Waals surface area contributed by atoms with Crippen molar-refractivity contribution in [3.63, 3.8) is 0 Å². The number of amides is 2. The van der Waals surface area contributed by atoms with Gasteiger partial charge in [0, 0.05) is 12.1 Å². The molecule has 1 N–H and O–H groups in total. The van der Waals surface area contributed by atoms with Crippen molar-refractivity contribution in [2.45, 2.75) is 32.9 Å². The van der Waals surface area contributed by atoms with Crippen molar-refractivity contribution in [2.75, 3.05) is 5.75 Å². The second-order valence-corrected chi connectivity index (χ2v) is 8.36. The lowest BCUT2D eigenvalue weighted by Crippen LogP contribution is -2.42. The molecule has 2 aromatic carbocycles. The Morgan fingerprint density at radius 3 is 2.67 bits per heavy atom. The summed E-state index contributed by atoms with van der Waals surface area (Å²) in [5.41, 5.74) is 2.67. The van der Waals surface area contributed by atoms with Crippen molar-refractivity contribution in [3.8, 4) is 0 Å². The van der Waals surface area contributed by atoms with Crippen LogP contribution < -0.4 is 5.32 Å². The van der Waals surface area contributed by atoms with Gasteiger partial charge in [-0.25, -0.2) is 9.89 Å². The smallest absolute Gasteiger partial charge is 0.259 e. The molecule has 6 nitrogen and oxygen atoms in total. The van der Waals surface area contributed by atoms with E-state index in [0.717, 1.165) is 23.2 Å². The average molecular weight is 421 g/mol. The van der Waals surface area contributed by atoms with Crippen LogP contribution >= 0.6 is 11.8 Å². The monoisotopic (exact) mass is 420 g/mol. The summed E-state index contributed by atoms with van der Waals surface area (Å²) < 4.78 is 0. The normalized spacial score (nSPS) is 18.3. The van der Waals surface area contributed by atoms with Gasteiger partial charge in [-0.1, -0.05) is 74.5 Å². The molecule has 0 aliphatic carbocycles. The minimum absolute atomic E-state index is 0.0650. The van der Waals surface area contributed by atoms with Crippen molar-refractivity contribution in [3.05, 3.63) is 65.7 Å². The number of carbonyl (C=O) groups is 2. The zero-order valence-electron chi connectivity index (χ0n) is 17.0. The van der Waals surface area contributed by atoms with E-state index < -0.39 is 6.04 Å². The lowest BCUT2D eigenvalue weighted by Gasteiger charge is -2.25. The van der Waals surface area contributed by atoms with E-state index in [1.165, 1.54) is 11.8 Å². The summed E-state index contributed by atoms with van der Waals surface area (Å²) >= 11 is 1.27. The molecule has 0 radical (unpaired) electrons. The Labute approximate surface area is 180 Å². The molecule has 2 aliphatic rings. The lowest BCUT2D eigenvalue weighted by molar-refractivity contribution is -0.125. The third-order valence-electron chi connectivity index (χ3n) is 5.35. The maximum absolute atomic E-state index is 13.1. The molecule has 30 heavy (non-hydrogen) atoms. The number of amidine groups is 2. The van der Waals surface area contributed by atoms with Gasteiger partial charge < -0.3 is 5.32 Å². The maximum Gasteiger partial charge on any atom is 0.259 e. The molecular formula is C23H24N4O2S. The fourth-order valence-electron chi connectivity index (χ4n) is 3.44. The van der Waals surface area contributed by atoms with E-state index in [0.29, 0.717) is 17.5 Å². The average Bonchev–Trinajstić information content (AvgIpc) is 3.14. The number of hydrogen-bond donors (Lipinski definition) is 1. The number of aliphatic imine (C=N–C) groups is 2. The van der Waals surface area contributed by atoms with Gasteiger partial charge in [0.2, 0.25) is 5.91 Å². The molecule has 0 saturated heterocycles. The van der Waals surface area contributed by atoms with Crippen LogP contribution in [0.3, 0.4) is 0 Å². The van der Waals surface area contributed by atoms with Crippen LogP contribution in [0, 0.1) is 5.92 Å². The number of fused-ring (bicyclic) bond motifs is 3. The first-order chi connectivity index (χ1) is 14.6. The Bertz CT molecular complexity index is 1020. The molecule has 2 unspecified atom stereocenters. The second-order valence-electron chi connectivity index (χ2n) is 7.42. The zero-order chi connectivity index (χ0) is 21.1. The molecule has 2 aliphatic heterocycles. The van der Waals surface area contributed by atoms with Gasteiger partial charge in [0.25, 0.3) is 5.91 Å². The van der Waals surface area contributed by atoms with Crippen molar-refractivity contribution in [2.24, 2.45) is 15.9 Å². The first kappa shape index (κ1) is 20.3. The van der Waals surface area contributed by atoms with Crippen molar-refractivity contribution >= 4 is 40.3 Å². The van der Waals surface area contributed by atoms with Gasteiger partial charge >= 0.3 is 0 Å². The molecule has 0 saturated carbocycles. The predicted octanol–water partition coefficient (Wildman–Crippen LogP) is 3.74. The molecule has 154 valence electrons. The van der Waals surface area contributed by atoms with Crippen LogP contribution in [0.2, 0.25) is 0 Å². The summed E-state index contributed by atoms with van der Waals surface area (Å²) in [5, 5.41) is 3.43. The Hall–Kier alpha value is -2.93. The van der Waals surface area contributed by atoms with E-state index in [1.807, 2.05) is 61.5 Å². The molecule has 0 aromatic heterocycles. The van der Waals surface area contributed by atoms with Crippen LogP contribution in [-0.4, -0.2) is 39.5 Å². The number of nitrogens with one attached hydrogen (secondary N) is 1. The largest absolute Gasteiger partial charge is 0.351 e. The summed E-state index contributed by atoms with van der Waals surface area (Å²) in [6.07, 6.45) is 0.865. The lowest BCUT2D eigenvalue weighted by atomic mass is 10.00. The first-order valence-corrected chi connectivity index (χ1v) is 11.1. The summed E-state index contributed by atoms with van der Waals surface area (Å²) in [6.45, 7) is 4.57. The third kappa shape index (κ3) is 4.03. The van der Waals surface area contributed by atoms with Gasteiger partial charge in [0.05, 0.1) is 11.4 Å². The molecular weight excluding hydrogens is 396 g/mol. The summed E-state index contributed by atoms with van der Waals surface area (Å²) in [6, 6.07) is 17.0. The highest BCUT2D eigenvalue weighted by atomic mass is 32.2. The van der Waals surface area contributed by atoms with Crippen LogP contribution in [0.5, 0.6) is 0 Å². The van der Waals surface area contributed by atoms with Crippen LogP contribution in [0.25, 0.3) is 0 Å². The zero-order valence-corrected chi connectivity index (χ0v) is 17.9. The van der Waals surface area contributed by atoms with Crippen LogP contribution in [0.1, 0.15) is 31.4 Å². The van der Waals surface area contributed by atoms with Crippen LogP contribution in [-0.2, 0) is 16.1 Å². The molecule has 0 bridgehead atoms. The van der Waals surface area contributed by atoms with E-state index >= 15 is 0 Å². The number of hydrogen-bond acceptors (Lipinski definition) is 5. The quantitative estimate of drug-likeness (QED) is 0.774. The molecule has 2 aromatic rings. The minimum Gasteiger partial charge on any atom is -0.351 e. The Kier molecular flexibility index (Phi) is 5.99. The van der Waals surface area contributed by atoms with Crippen molar-refractivity contribution in [1.29, 1.82) is 0 Å². The molecule has 0 spiro atoms.